The maximum atomic E-state index is 11.1. The third-order valence-corrected chi connectivity index (χ3v) is 3.45. The second-order valence-electron chi connectivity index (χ2n) is 3.96. The summed E-state index contributed by atoms with van der Waals surface area (Å²) in [4.78, 5) is 25.7. The van der Waals surface area contributed by atoms with E-state index in [9.17, 15) is 14.9 Å². The van der Waals surface area contributed by atoms with Crippen molar-refractivity contribution in [3.63, 3.8) is 0 Å². The summed E-state index contributed by atoms with van der Waals surface area (Å²) in [7, 11) is 0. The Hall–Kier alpha value is -2.48. The Morgan fingerprint density at radius 1 is 1.50 bits per heavy atom. The molecule has 0 fully saturated rings. The third kappa shape index (κ3) is 3.29. The predicted octanol–water partition coefficient (Wildman–Crippen LogP) is 1.80. The number of hydrogen-bond donors (Lipinski definition) is 2. The Kier molecular flexibility index (Phi) is 4.26. The lowest BCUT2D eigenvalue weighted by Crippen LogP contribution is -2.13. The molecule has 2 aromatic rings. The molecule has 0 aliphatic carbocycles. The Balaban J connectivity index is 2.13. The summed E-state index contributed by atoms with van der Waals surface area (Å²) in [5.41, 5.74) is 5.59. The van der Waals surface area contributed by atoms with Gasteiger partial charge in [-0.2, -0.15) is 0 Å². The first-order chi connectivity index (χ1) is 9.58. The van der Waals surface area contributed by atoms with Crippen LogP contribution in [0.1, 0.15) is 15.4 Å². The summed E-state index contributed by atoms with van der Waals surface area (Å²) in [5, 5.41) is 16.7. The maximum absolute atomic E-state index is 11.1. The number of benzene rings is 1. The number of hydrogen-bond acceptors (Lipinski definition) is 6. The van der Waals surface area contributed by atoms with Crippen LogP contribution >= 0.6 is 11.3 Å². The fourth-order valence-electron chi connectivity index (χ4n) is 1.67. The molecular formula is C12H12N4O3S. The van der Waals surface area contributed by atoms with Crippen LogP contribution in [0, 0.1) is 10.1 Å². The maximum Gasteiger partial charge on any atom is 0.292 e. The number of anilines is 1. The monoisotopic (exact) mass is 292 g/mol. The molecule has 20 heavy (non-hydrogen) atoms. The molecule has 7 nitrogen and oxygen atoms in total. The fraction of sp³-hybridized carbons (Fsp3) is 0.167. The van der Waals surface area contributed by atoms with Crippen molar-refractivity contribution in [3.05, 3.63) is 50.5 Å². The summed E-state index contributed by atoms with van der Waals surface area (Å²) in [6, 6.07) is 4.00. The van der Waals surface area contributed by atoms with Crippen LogP contribution in [0.3, 0.4) is 0 Å². The molecule has 0 aliphatic rings. The molecule has 2 rings (SSSR count). The molecule has 0 spiro atoms. The SMILES string of the molecule is NC(=O)c1ccc([N+](=O)[O-])c(NCCc2nccs2)c1. The number of nitrogens with zero attached hydrogens (tertiary/aromatic N) is 2. The van der Waals surface area contributed by atoms with Gasteiger partial charge in [-0.25, -0.2) is 4.98 Å². The van der Waals surface area contributed by atoms with E-state index in [4.69, 9.17) is 5.73 Å². The Bertz CT molecular complexity index is 628. The number of carbonyl (C=O) groups excluding carboxylic acids is 1. The van der Waals surface area contributed by atoms with Crippen LogP contribution in [-0.2, 0) is 6.42 Å². The van der Waals surface area contributed by atoms with Crippen molar-refractivity contribution in [2.75, 3.05) is 11.9 Å². The highest BCUT2D eigenvalue weighted by molar-refractivity contribution is 7.09. The van der Waals surface area contributed by atoms with Crippen LogP contribution in [0.15, 0.2) is 29.8 Å². The van der Waals surface area contributed by atoms with Crippen molar-refractivity contribution >= 4 is 28.6 Å². The van der Waals surface area contributed by atoms with Crippen LogP contribution in [0.5, 0.6) is 0 Å². The van der Waals surface area contributed by atoms with Gasteiger partial charge < -0.3 is 11.1 Å². The Morgan fingerprint density at radius 2 is 2.30 bits per heavy atom. The minimum Gasteiger partial charge on any atom is -0.379 e. The predicted molar refractivity (Wildman–Crippen MR) is 75.9 cm³/mol. The van der Waals surface area contributed by atoms with Crippen molar-refractivity contribution in [2.24, 2.45) is 5.73 Å². The second-order valence-corrected chi connectivity index (χ2v) is 4.94. The van der Waals surface area contributed by atoms with Crippen LogP contribution < -0.4 is 11.1 Å². The van der Waals surface area contributed by atoms with E-state index < -0.39 is 10.8 Å². The Morgan fingerprint density at radius 3 is 2.90 bits per heavy atom. The minimum atomic E-state index is -0.622. The van der Waals surface area contributed by atoms with Crippen molar-refractivity contribution in [1.82, 2.24) is 4.98 Å². The number of thiazole rings is 1. The topological polar surface area (TPSA) is 111 Å². The standard InChI is InChI=1S/C12H12N4O3S/c13-12(17)8-1-2-10(16(18)19)9(7-8)14-4-3-11-15-5-6-20-11/h1-2,5-7,14H,3-4H2,(H2,13,17). The van der Waals surface area contributed by atoms with Gasteiger partial charge in [0, 0.05) is 36.2 Å². The van der Waals surface area contributed by atoms with Crippen molar-refractivity contribution in [1.29, 1.82) is 0 Å². The lowest BCUT2D eigenvalue weighted by molar-refractivity contribution is -0.384. The van der Waals surface area contributed by atoms with E-state index in [2.05, 4.69) is 10.3 Å². The van der Waals surface area contributed by atoms with E-state index in [1.54, 1.807) is 6.20 Å². The van der Waals surface area contributed by atoms with Gasteiger partial charge in [0.25, 0.3) is 5.69 Å². The number of rotatable bonds is 6. The van der Waals surface area contributed by atoms with Gasteiger partial charge in [0.1, 0.15) is 5.69 Å². The van der Waals surface area contributed by atoms with Crippen molar-refractivity contribution in [3.8, 4) is 0 Å². The van der Waals surface area contributed by atoms with Gasteiger partial charge in [0.05, 0.1) is 9.93 Å². The number of amides is 1. The molecule has 0 atom stereocenters. The molecular weight excluding hydrogens is 280 g/mol. The zero-order valence-electron chi connectivity index (χ0n) is 10.4. The average molecular weight is 292 g/mol. The number of nitro benzene ring substituents is 1. The van der Waals surface area contributed by atoms with E-state index in [1.807, 2.05) is 5.38 Å². The van der Waals surface area contributed by atoms with Crippen LogP contribution in [0.4, 0.5) is 11.4 Å². The molecule has 104 valence electrons. The minimum absolute atomic E-state index is 0.0888. The smallest absolute Gasteiger partial charge is 0.292 e. The van der Waals surface area contributed by atoms with Gasteiger partial charge in [-0.1, -0.05) is 0 Å². The number of aromatic nitrogens is 1. The van der Waals surface area contributed by atoms with Gasteiger partial charge in [0.15, 0.2) is 0 Å². The molecule has 1 amide bonds. The molecule has 0 unspecified atom stereocenters. The quantitative estimate of drug-likeness (QED) is 0.623. The van der Waals surface area contributed by atoms with E-state index in [0.717, 1.165) is 5.01 Å². The van der Waals surface area contributed by atoms with Crippen LogP contribution in [-0.4, -0.2) is 22.4 Å². The van der Waals surface area contributed by atoms with Crippen LogP contribution in [0.25, 0.3) is 0 Å². The largest absolute Gasteiger partial charge is 0.379 e. The van der Waals surface area contributed by atoms with Gasteiger partial charge >= 0.3 is 0 Å². The average Bonchev–Trinajstić information content (AvgIpc) is 2.91. The van der Waals surface area contributed by atoms with E-state index >= 15 is 0 Å². The lowest BCUT2D eigenvalue weighted by atomic mass is 10.1. The highest BCUT2D eigenvalue weighted by Gasteiger charge is 2.15. The van der Waals surface area contributed by atoms with Crippen LogP contribution in [0.2, 0.25) is 0 Å². The molecule has 0 bridgehead atoms. The number of primary amides is 1. The molecule has 8 heteroatoms. The molecule has 3 N–H and O–H groups in total. The Labute approximate surface area is 118 Å². The van der Waals surface area contributed by atoms with Gasteiger partial charge in [-0.3, -0.25) is 14.9 Å². The number of nitrogens with two attached hydrogens (primary N) is 1. The normalized spacial score (nSPS) is 10.2. The van der Waals surface area contributed by atoms with Gasteiger partial charge in [0.2, 0.25) is 5.91 Å². The highest BCUT2D eigenvalue weighted by atomic mass is 32.1. The third-order valence-electron chi connectivity index (χ3n) is 2.62. The summed E-state index contributed by atoms with van der Waals surface area (Å²) in [5.74, 6) is -0.622. The van der Waals surface area contributed by atoms with Gasteiger partial charge in [-0.05, 0) is 12.1 Å². The zero-order chi connectivity index (χ0) is 14.5. The fourth-order valence-corrected chi connectivity index (χ4v) is 2.29. The molecule has 0 radical (unpaired) electrons. The molecule has 1 heterocycles. The number of carbonyl (C=O) groups is 1. The highest BCUT2D eigenvalue weighted by Crippen LogP contribution is 2.25. The summed E-state index contributed by atoms with van der Waals surface area (Å²) < 4.78 is 0. The van der Waals surface area contributed by atoms with Crippen molar-refractivity contribution in [2.45, 2.75) is 6.42 Å². The molecule has 1 aromatic carbocycles. The summed E-state index contributed by atoms with van der Waals surface area (Å²) >= 11 is 1.52. The zero-order valence-corrected chi connectivity index (χ0v) is 11.2. The molecule has 1 aromatic heterocycles. The lowest BCUT2D eigenvalue weighted by Gasteiger charge is -2.07. The summed E-state index contributed by atoms with van der Waals surface area (Å²) in [6.07, 6.45) is 2.35. The number of nitro groups is 1. The second kappa shape index (κ2) is 6.11. The first-order valence-corrected chi connectivity index (χ1v) is 6.66. The van der Waals surface area contributed by atoms with Crippen molar-refractivity contribution < 1.29 is 9.72 Å². The molecule has 0 aliphatic heterocycles. The molecule has 0 saturated carbocycles. The van der Waals surface area contributed by atoms with Gasteiger partial charge in [-0.15, -0.1) is 11.3 Å². The first kappa shape index (κ1) is 13.9. The molecule has 0 saturated heterocycles. The van der Waals surface area contributed by atoms with E-state index in [-0.39, 0.29) is 16.9 Å². The summed E-state index contributed by atoms with van der Waals surface area (Å²) in [6.45, 7) is 0.483. The number of nitrogens with one attached hydrogen (secondary N) is 1. The first-order valence-electron chi connectivity index (χ1n) is 5.78. The van der Waals surface area contributed by atoms with E-state index in [0.29, 0.717) is 13.0 Å². The van der Waals surface area contributed by atoms with E-state index in [1.165, 1.54) is 29.5 Å².